The van der Waals surface area contributed by atoms with Crippen LogP contribution in [-0.2, 0) is 13.1 Å². The van der Waals surface area contributed by atoms with Crippen LogP contribution in [0, 0.1) is 0 Å². The van der Waals surface area contributed by atoms with E-state index in [-0.39, 0.29) is 0 Å². The standard InChI is InChI=1S/C11H12N6/c1-2-5-11-10(4-1)8-13-16(11)6-3-7-17-14-9-12-15-17/h1-2,4-5,8-9H,3,6-7H2. The van der Waals surface area contributed by atoms with E-state index >= 15 is 0 Å². The topological polar surface area (TPSA) is 61.4 Å². The van der Waals surface area contributed by atoms with Crippen LogP contribution in [0.2, 0.25) is 0 Å². The van der Waals surface area contributed by atoms with Crippen LogP contribution in [0.1, 0.15) is 6.42 Å². The predicted molar refractivity (Wildman–Crippen MR) is 62.2 cm³/mol. The third kappa shape index (κ3) is 2.01. The molecule has 0 spiro atoms. The number of fused-ring (bicyclic) bond motifs is 1. The largest absolute Gasteiger partial charge is 0.265 e. The molecule has 0 atom stereocenters. The van der Waals surface area contributed by atoms with E-state index < -0.39 is 0 Å². The molecule has 2 heterocycles. The second-order valence-corrected chi connectivity index (χ2v) is 3.81. The zero-order chi connectivity index (χ0) is 11.5. The molecule has 6 heteroatoms. The summed E-state index contributed by atoms with van der Waals surface area (Å²) in [7, 11) is 0. The van der Waals surface area contributed by atoms with Gasteiger partial charge in [0.15, 0.2) is 6.33 Å². The van der Waals surface area contributed by atoms with Gasteiger partial charge in [0.25, 0.3) is 0 Å². The second-order valence-electron chi connectivity index (χ2n) is 3.81. The molecule has 0 aliphatic heterocycles. The quantitative estimate of drug-likeness (QED) is 0.671. The minimum Gasteiger partial charge on any atom is -0.265 e. The van der Waals surface area contributed by atoms with E-state index in [1.807, 2.05) is 23.0 Å². The van der Waals surface area contributed by atoms with Crippen LogP contribution >= 0.6 is 0 Å². The van der Waals surface area contributed by atoms with Crippen molar-refractivity contribution in [1.82, 2.24) is 30.0 Å². The number of para-hydroxylation sites is 1. The average Bonchev–Trinajstić information content (AvgIpc) is 2.99. The number of hydrogen-bond acceptors (Lipinski definition) is 4. The number of benzene rings is 1. The van der Waals surface area contributed by atoms with Gasteiger partial charge in [0.2, 0.25) is 0 Å². The number of aromatic nitrogens is 6. The highest BCUT2D eigenvalue weighted by molar-refractivity contribution is 5.78. The molecule has 0 aliphatic carbocycles. The molecule has 6 nitrogen and oxygen atoms in total. The van der Waals surface area contributed by atoms with Gasteiger partial charge in [-0.25, -0.2) is 0 Å². The van der Waals surface area contributed by atoms with Crippen molar-refractivity contribution >= 4 is 10.9 Å². The number of rotatable bonds is 4. The first kappa shape index (κ1) is 9.95. The number of aryl methyl sites for hydroxylation is 2. The fourth-order valence-corrected chi connectivity index (χ4v) is 1.86. The van der Waals surface area contributed by atoms with Gasteiger partial charge in [-0.15, -0.1) is 10.2 Å². The summed E-state index contributed by atoms with van der Waals surface area (Å²) >= 11 is 0. The predicted octanol–water partition coefficient (Wildman–Crippen LogP) is 1.11. The maximum absolute atomic E-state index is 4.37. The van der Waals surface area contributed by atoms with E-state index in [9.17, 15) is 0 Å². The molecule has 0 unspecified atom stereocenters. The normalized spacial score (nSPS) is 11.1. The third-order valence-electron chi connectivity index (χ3n) is 2.67. The Kier molecular flexibility index (Phi) is 2.53. The Hall–Kier alpha value is -2.24. The minimum absolute atomic E-state index is 0.758. The van der Waals surface area contributed by atoms with Gasteiger partial charge in [-0.1, -0.05) is 18.2 Å². The summed E-state index contributed by atoms with van der Waals surface area (Å²) in [6.45, 7) is 1.61. The van der Waals surface area contributed by atoms with E-state index in [0.29, 0.717) is 0 Å². The number of hydrogen-bond donors (Lipinski definition) is 0. The molecule has 3 aromatic rings. The molecule has 0 saturated heterocycles. The molecule has 0 aliphatic rings. The Labute approximate surface area is 97.9 Å². The van der Waals surface area contributed by atoms with Crippen molar-refractivity contribution in [3.05, 3.63) is 36.8 Å². The monoisotopic (exact) mass is 228 g/mol. The summed E-state index contributed by atoms with van der Waals surface area (Å²) in [5.41, 5.74) is 1.17. The number of tetrazole rings is 1. The fraction of sp³-hybridized carbons (Fsp3) is 0.273. The molecule has 2 aromatic heterocycles. The maximum atomic E-state index is 4.37. The highest BCUT2D eigenvalue weighted by Gasteiger charge is 2.01. The van der Waals surface area contributed by atoms with E-state index in [0.717, 1.165) is 19.5 Å². The first-order valence-corrected chi connectivity index (χ1v) is 5.55. The highest BCUT2D eigenvalue weighted by Crippen LogP contribution is 2.12. The lowest BCUT2D eigenvalue weighted by atomic mass is 10.2. The van der Waals surface area contributed by atoms with Crippen LogP contribution in [0.3, 0.4) is 0 Å². The van der Waals surface area contributed by atoms with Gasteiger partial charge < -0.3 is 0 Å². The van der Waals surface area contributed by atoms with Crippen molar-refractivity contribution in [2.24, 2.45) is 0 Å². The Balaban J connectivity index is 1.69. The molecule has 3 rings (SSSR count). The van der Waals surface area contributed by atoms with Crippen LogP contribution in [0.4, 0.5) is 0 Å². The summed E-state index contributed by atoms with van der Waals surface area (Å²) < 4.78 is 2.01. The smallest absolute Gasteiger partial charge is 0.162 e. The van der Waals surface area contributed by atoms with Crippen LogP contribution in [0.25, 0.3) is 10.9 Å². The summed E-state index contributed by atoms with van der Waals surface area (Å²) in [5.74, 6) is 0. The van der Waals surface area contributed by atoms with Gasteiger partial charge in [-0.05, 0) is 17.7 Å². The molecule has 0 N–H and O–H groups in total. The molecule has 0 bridgehead atoms. The van der Waals surface area contributed by atoms with Crippen molar-refractivity contribution in [3.8, 4) is 0 Å². The van der Waals surface area contributed by atoms with Gasteiger partial charge in [-0.3, -0.25) is 4.68 Å². The van der Waals surface area contributed by atoms with E-state index in [1.54, 1.807) is 4.80 Å². The first-order chi connectivity index (χ1) is 8.43. The Morgan fingerprint density at radius 1 is 1.06 bits per heavy atom. The Bertz CT molecular complexity index is 597. The van der Waals surface area contributed by atoms with Crippen LogP contribution < -0.4 is 0 Å². The lowest BCUT2D eigenvalue weighted by Crippen LogP contribution is -2.07. The van der Waals surface area contributed by atoms with Gasteiger partial charge in [-0.2, -0.15) is 9.90 Å². The van der Waals surface area contributed by atoms with E-state index in [1.165, 1.54) is 17.2 Å². The van der Waals surface area contributed by atoms with Crippen LogP contribution in [0.5, 0.6) is 0 Å². The Morgan fingerprint density at radius 2 is 2.00 bits per heavy atom. The zero-order valence-corrected chi connectivity index (χ0v) is 9.27. The van der Waals surface area contributed by atoms with Crippen molar-refractivity contribution in [2.75, 3.05) is 0 Å². The molecular weight excluding hydrogens is 216 g/mol. The molecule has 17 heavy (non-hydrogen) atoms. The van der Waals surface area contributed by atoms with Gasteiger partial charge in [0, 0.05) is 11.9 Å². The lowest BCUT2D eigenvalue weighted by Gasteiger charge is -2.02. The summed E-state index contributed by atoms with van der Waals surface area (Å²) in [6.07, 6.45) is 4.27. The van der Waals surface area contributed by atoms with Crippen molar-refractivity contribution in [2.45, 2.75) is 19.5 Å². The first-order valence-electron chi connectivity index (χ1n) is 5.55. The van der Waals surface area contributed by atoms with E-state index in [2.05, 4.69) is 32.6 Å². The molecular formula is C11H12N6. The summed E-state index contributed by atoms with van der Waals surface area (Å²) in [4.78, 5) is 1.59. The number of nitrogens with zero attached hydrogens (tertiary/aromatic N) is 6. The van der Waals surface area contributed by atoms with Gasteiger partial charge in [0.05, 0.1) is 18.3 Å². The van der Waals surface area contributed by atoms with Crippen molar-refractivity contribution in [3.63, 3.8) is 0 Å². The fourth-order valence-electron chi connectivity index (χ4n) is 1.86. The molecule has 0 fully saturated rings. The van der Waals surface area contributed by atoms with Crippen molar-refractivity contribution < 1.29 is 0 Å². The highest BCUT2D eigenvalue weighted by atomic mass is 15.6. The molecule has 0 saturated carbocycles. The SMILES string of the molecule is c1ccc2c(c1)cnn2CCCn1ncnn1. The van der Waals surface area contributed by atoms with Gasteiger partial charge >= 0.3 is 0 Å². The lowest BCUT2D eigenvalue weighted by molar-refractivity contribution is 0.461. The van der Waals surface area contributed by atoms with Crippen molar-refractivity contribution in [1.29, 1.82) is 0 Å². The third-order valence-corrected chi connectivity index (χ3v) is 2.67. The van der Waals surface area contributed by atoms with Gasteiger partial charge in [0.1, 0.15) is 0 Å². The van der Waals surface area contributed by atoms with Crippen LogP contribution in [-0.4, -0.2) is 30.0 Å². The summed E-state index contributed by atoms with van der Waals surface area (Å²) in [6, 6.07) is 8.20. The average molecular weight is 228 g/mol. The second kappa shape index (κ2) is 4.32. The molecule has 0 amide bonds. The Morgan fingerprint density at radius 3 is 2.88 bits per heavy atom. The molecule has 0 radical (unpaired) electrons. The zero-order valence-electron chi connectivity index (χ0n) is 9.27. The molecule has 1 aromatic carbocycles. The van der Waals surface area contributed by atoms with Crippen LogP contribution in [0.15, 0.2) is 36.8 Å². The minimum atomic E-state index is 0.758. The summed E-state index contributed by atoms with van der Waals surface area (Å²) in [5, 5.41) is 17.0. The molecule has 86 valence electrons. The maximum Gasteiger partial charge on any atom is 0.162 e. The van der Waals surface area contributed by atoms with E-state index in [4.69, 9.17) is 0 Å².